The number of aromatic nitrogens is 2. The van der Waals surface area contributed by atoms with Crippen LogP contribution in [0.5, 0.6) is 0 Å². The first-order valence-electron chi connectivity index (χ1n) is 8.49. The monoisotopic (exact) mass is 346 g/mol. The molecule has 0 fully saturated rings. The van der Waals surface area contributed by atoms with E-state index >= 15 is 0 Å². The summed E-state index contributed by atoms with van der Waals surface area (Å²) >= 11 is 0. The summed E-state index contributed by atoms with van der Waals surface area (Å²) in [5.74, 6) is -0.302. The molecule has 0 saturated carbocycles. The van der Waals surface area contributed by atoms with Crippen molar-refractivity contribution in [2.24, 2.45) is 5.10 Å². The Morgan fingerprint density at radius 2 is 1.65 bits per heavy atom. The number of carbonyl (C=O) groups is 1. The number of nitrogens with one attached hydrogen (secondary N) is 1. The van der Waals surface area contributed by atoms with Gasteiger partial charge in [-0.25, -0.2) is 10.1 Å². The lowest BCUT2D eigenvalue weighted by Gasteiger charge is -2.14. The zero-order chi connectivity index (χ0) is 18.6. The summed E-state index contributed by atoms with van der Waals surface area (Å²) < 4.78 is 1.66. The molecule has 0 radical (unpaired) electrons. The maximum absolute atomic E-state index is 12.7. The molecule has 0 atom stereocenters. The van der Waals surface area contributed by atoms with Gasteiger partial charge in [0, 0.05) is 5.41 Å². The van der Waals surface area contributed by atoms with Gasteiger partial charge in [0.25, 0.3) is 5.91 Å². The Morgan fingerprint density at radius 3 is 2.27 bits per heavy atom. The van der Waals surface area contributed by atoms with Crippen LogP contribution in [0.4, 0.5) is 0 Å². The fourth-order valence-electron chi connectivity index (χ4n) is 2.44. The summed E-state index contributed by atoms with van der Waals surface area (Å²) in [6.45, 7) is 6.21. The summed E-state index contributed by atoms with van der Waals surface area (Å²) in [6, 6.07) is 21.0. The highest BCUT2D eigenvalue weighted by molar-refractivity contribution is 5.94. The number of hydrogen-bond donors (Lipinski definition) is 1. The fraction of sp³-hybridized carbons (Fsp3) is 0.190. The van der Waals surface area contributed by atoms with Gasteiger partial charge >= 0.3 is 0 Å². The number of hydrogen-bond acceptors (Lipinski definition) is 3. The molecule has 132 valence electrons. The van der Waals surface area contributed by atoms with Gasteiger partial charge in [0.05, 0.1) is 17.6 Å². The van der Waals surface area contributed by atoms with Gasteiger partial charge in [-0.15, -0.1) is 0 Å². The van der Waals surface area contributed by atoms with E-state index in [0.717, 1.165) is 16.9 Å². The lowest BCUT2D eigenvalue weighted by molar-refractivity contribution is 0.0947. The van der Waals surface area contributed by atoms with Crippen LogP contribution >= 0.6 is 0 Å². The SMILES string of the molecule is CC(C)(C)c1cc(C(=O)N/N=C\c2ccccc2)n(-c2ccccc2)n1. The molecule has 26 heavy (non-hydrogen) atoms. The van der Waals surface area contributed by atoms with Crippen molar-refractivity contribution in [3.8, 4) is 5.69 Å². The Morgan fingerprint density at radius 1 is 1.04 bits per heavy atom. The summed E-state index contributed by atoms with van der Waals surface area (Å²) in [5.41, 5.74) is 5.47. The van der Waals surface area contributed by atoms with Gasteiger partial charge < -0.3 is 0 Å². The second-order valence-electron chi connectivity index (χ2n) is 7.02. The Labute approximate surface area is 153 Å². The van der Waals surface area contributed by atoms with Crippen LogP contribution in [0.2, 0.25) is 0 Å². The Hall–Kier alpha value is -3.21. The molecule has 0 aliphatic rings. The highest BCUT2D eigenvalue weighted by atomic mass is 16.2. The van der Waals surface area contributed by atoms with Gasteiger partial charge in [-0.3, -0.25) is 4.79 Å². The Kier molecular flexibility index (Phi) is 4.98. The first-order chi connectivity index (χ1) is 12.4. The minimum Gasteiger partial charge on any atom is -0.266 e. The molecule has 5 heteroatoms. The van der Waals surface area contributed by atoms with Gasteiger partial charge in [-0.2, -0.15) is 10.2 Å². The number of nitrogens with zero attached hydrogens (tertiary/aromatic N) is 3. The van der Waals surface area contributed by atoms with E-state index < -0.39 is 0 Å². The fourth-order valence-corrected chi connectivity index (χ4v) is 2.44. The van der Waals surface area contributed by atoms with Crippen LogP contribution in [0.1, 0.15) is 42.5 Å². The number of carbonyl (C=O) groups excluding carboxylic acids is 1. The molecule has 1 N–H and O–H groups in total. The van der Waals surface area contributed by atoms with E-state index in [0.29, 0.717) is 5.69 Å². The quantitative estimate of drug-likeness (QED) is 0.575. The van der Waals surface area contributed by atoms with Gasteiger partial charge in [-0.05, 0) is 23.8 Å². The molecule has 0 bridgehead atoms. The van der Waals surface area contributed by atoms with E-state index in [-0.39, 0.29) is 11.3 Å². The van der Waals surface area contributed by atoms with E-state index in [4.69, 9.17) is 0 Å². The van der Waals surface area contributed by atoms with Gasteiger partial charge in [0.1, 0.15) is 5.69 Å². The van der Waals surface area contributed by atoms with E-state index in [2.05, 4.69) is 36.4 Å². The smallest absolute Gasteiger partial charge is 0.266 e. The van der Waals surface area contributed by atoms with Crippen molar-refractivity contribution in [2.75, 3.05) is 0 Å². The zero-order valence-corrected chi connectivity index (χ0v) is 15.2. The first-order valence-corrected chi connectivity index (χ1v) is 8.49. The molecule has 0 saturated heterocycles. The molecule has 0 spiro atoms. The predicted molar refractivity (Wildman–Crippen MR) is 104 cm³/mol. The van der Waals surface area contributed by atoms with Gasteiger partial charge in [-0.1, -0.05) is 69.3 Å². The summed E-state index contributed by atoms with van der Waals surface area (Å²) in [7, 11) is 0. The highest BCUT2D eigenvalue weighted by Gasteiger charge is 2.23. The molecule has 1 heterocycles. The van der Waals surface area contributed by atoms with Crippen LogP contribution in [0.25, 0.3) is 5.69 Å². The highest BCUT2D eigenvalue weighted by Crippen LogP contribution is 2.23. The number of rotatable bonds is 4. The van der Waals surface area contributed by atoms with E-state index in [1.54, 1.807) is 10.9 Å². The van der Waals surface area contributed by atoms with Crippen LogP contribution in [0.3, 0.4) is 0 Å². The molecule has 0 aliphatic heterocycles. The zero-order valence-electron chi connectivity index (χ0n) is 15.2. The van der Waals surface area contributed by atoms with Gasteiger partial charge in [0.2, 0.25) is 0 Å². The molecular formula is C21H22N4O. The molecule has 0 unspecified atom stereocenters. The second kappa shape index (κ2) is 7.35. The first kappa shape index (κ1) is 17.6. The molecule has 3 aromatic rings. The predicted octanol–water partition coefficient (Wildman–Crippen LogP) is 3.93. The van der Waals surface area contributed by atoms with Crippen molar-refractivity contribution in [3.63, 3.8) is 0 Å². The maximum Gasteiger partial charge on any atom is 0.290 e. The number of para-hydroxylation sites is 1. The number of hydrazone groups is 1. The minimum absolute atomic E-state index is 0.164. The molecule has 1 aromatic heterocycles. The Balaban J connectivity index is 1.89. The van der Waals surface area contributed by atoms with Crippen molar-refractivity contribution in [1.82, 2.24) is 15.2 Å². The van der Waals surface area contributed by atoms with Crippen LogP contribution in [-0.2, 0) is 5.41 Å². The van der Waals surface area contributed by atoms with Crippen molar-refractivity contribution in [2.45, 2.75) is 26.2 Å². The molecule has 2 aromatic carbocycles. The van der Waals surface area contributed by atoms with E-state index in [9.17, 15) is 4.79 Å². The average molecular weight is 346 g/mol. The third-order valence-corrected chi connectivity index (χ3v) is 3.89. The molecule has 5 nitrogen and oxygen atoms in total. The van der Waals surface area contributed by atoms with Crippen LogP contribution in [0.15, 0.2) is 71.8 Å². The summed E-state index contributed by atoms with van der Waals surface area (Å²) in [4.78, 5) is 12.7. The molecule has 1 amide bonds. The Bertz CT molecular complexity index is 906. The average Bonchev–Trinajstić information content (AvgIpc) is 3.09. The van der Waals surface area contributed by atoms with Crippen LogP contribution in [0, 0.1) is 0 Å². The van der Waals surface area contributed by atoms with Crippen molar-refractivity contribution in [1.29, 1.82) is 0 Å². The summed E-state index contributed by atoms with van der Waals surface area (Å²) in [5, 5.41) is 8.70. The standard InChI is InChI=1S/C21H22N4O/c1-21(2,3)19-14-18(25(24-19)17-12-8-5-9-13-17)20(26)23-22-15-16-10-6-4-7-11-16/h4-15H,1-3H3,(H,23,26)/b22-15-. The minimum atomic E-state index is -0.302. The van der Waals surface area contributed by atoms with Crippen molar-refractivity contribution < 1.29 is 4.79 Å². The summed E-state index contributed by atoms with van der Waals surface area (Å²) in [6.07, 6.45) is 1.62. The van der Waals surface area contributed by atoms with E-state index in [1.165, 1.54) is 0 Å². The maximum atomic E-state index is 12.7. The van der Waals surface area contributed by atoms with Crippen LogP contribution in [-0.4, -0.2) is 21.9 Å². The van der Waals surface area contributed by atoms with Crippen molar-refractivity contribution >= 4 is 12.1 Å². The molecule has 0 aliphatic carbocycles. The normalized spacial score (nSPS) is 11.7. The van der Waals surface area contributed by atoms with Gasteiger partial charge in [0.15, 0.2) is 0 Å². The molecular weight excluding hydrogens is 324 g/mol. The van der Waals surface area contributed by atoms with E-state index in [1.807, 2.05) is 66.7 Å². The largest absolute Gasteiger partial charge is 0.290 e. The number of amides is 1. The lowest BCUT2D eigenvalue weighted by Crippen LogP contribution is -2.21. The third-order valence-electron chi connectivity index (χ3n) is 3.89. The van der Waals surface area contributed by atoms with Crippen LogP contribution < -0.4 is 5.43 Å². The lowest BCUT2D eigenvalue weighted by atomic mass is 9.92. The topological polar surface area (TPSA) is 59.3 Å². The third kappa shape index (κ3) is 4.06. The second-order valence-corrected chi connectivity index (χ2v) is 7.02. The molecule has 3 rings (SSSR count). The number of benzene rings is 2. The van der Waals surface area contributed by atoms with Crippen molar-refractivity contribution in [3.05, 3.63) is 83.7 Å².